The second-order valence-electron chi connectivity index (χ2n) is 6.71. The summed E-state index contributed by atoms with van der Waals surface area (Å²) in [5, 5.41) is 1.69. The van der Waals surface area contributed by atoms with Crippen molar-refractivity contribution in [2.75, 3.05) is 31.1 Å². The average Bonchev–Trinajstić information content (AvgIpc) is 3.06. The number of aryl methyl sites for hydroxylation is 2. The number of piperazine rings is 1. The number of hydrogen-bond acceptors (Lipinski definition) is 4. The maximum atomic E-state index is 12.6. The van der Waals surface area contributed by atoms with Gasteiger partial charge >= 0.3 is 0 Å². The lowest BCUT2D eigenvalue weighted by Gasteiger charge is -2.34. The van der Waals surface area contributed by atoms with Crippen LogP contribution in [0.2, 0.25) is 5.02 Å². The highest BCUT2D eigenvalue weighted by Crippen LogP contribution is 2.32. The Labute approximate surface area is 162 Å². The van der Waals surface area contributed by atoms with Gasteiger partial charge in [0.15, 0.2) is 5.13 Å². The fraction of sp³-hybridized carbons (Fsp3) is 0.300. The second-order valence-corrected chi connectivity index (χ2v) is 8.16. The molecule has 4 nitrogen and oxygen atoms in total. The van der Waals surface area contributed by atoms with Crippen LogP contribution in [-0.4, -0.2) is 42.0 Å². The lowest BCUT2D eigenvalue weighted by atomic mass is 10.1. The van der Waals surface area contributed by atoms with E-state index in [0.29, 0.717) is 23.7 Å². The van der Waals surface area contributed by atoms with Gasteiger partial charge < -0.3 is 9.80 Å². The van der Waals surface area contributed by atoms with Crippen LogP contribution in [-0.2, 0) is 0 Å². The molecule has 1 aliphatic heterocycles. The molecule has 0 unspecified atom stereocenters. The summed E-state index contributed by atoms with van der Waals surface area (Å²) in [5.41, 5.74) is 4.27. The van der Waals surface area contributed by atoms with E-state index in [2.05, 4.69) is 30.9 Å². The summed E-state index contributed by atoms with van der Waals surface area (Å²) in [6.07, 6.45) is 0. The molecular formula is C20H20ClN3OS. The van der Waals surface area contributed by atoms with Crippen LogP contribution >= 0.6 is 22.9 Å². The van der Waals surface area contributed by atoms with Gasteiger partial charge in [-0.3, -0.25) is 4.79 Å². The van der Waals surface area contributed by atoms with Gasteiger partial charge in [0.25, 0.3) is 5.91 Å². The summed E-state index contributed by atoms with van der Waals surface area (Å²) in [7, 11) is 0. The molecule has 0 radical (unpaired) electrons. The number of nitrogens with zero attached hydrogens (tertiary/aromatic N) is 3. The lowest BCUT2D eigenvalue weighted by Crippen LogP contribution is -2.48. The van der Waals surface area contributed by atoms with Crippen LogP contribution in [0.5, 0.6) is 0 Å². The van der Waals surface area contributed by atoms with Gasteiger partial charge in [0.2, 0.25) is 0 Å². The van der Waals surface area contributed by atoms with Crippen LogP contribution in [0.25, 0.3) is 10.2 Å². The van der Waals surface area contributed by atoms with Gasteiger partial charge in [-0.05, 0) is 55.3 Å². The number of thiazole rings is 1. The molecule has 0 bridgehead atoms. The van der Waals surface area contributed by atoms with Crippen LogP contribution in [0.1, 0.15) is 21.5 Å². The Morgan fingerprint density at radius 3 is 2.46 bits per heavy atom. The Morgan fingerprint density at radius 2 is 1.77 bits per heavy atom. The van der Waals surface area contributed by atoms with Crippen molar-refractivity contribution in [3.8, 4) is 0 Å². The zero-order valence-electron chi connectivity index (χ0n) is 14.8. The van der Waals surface area contributed by atoms with Crippen molar-refractivity contribution in [3.63, 3.8) is 0 Å². The van der Waals surface area contributed by atoms with E-state index in [1.807, 2.05) is 4.90 Å². The number of anilines is 1. The summed E-state index contributed by atoms with van der Waals surface area (Å²) in [4.78, 5) is 21.7. The smallest absolute Gasteiger partial charge is 0.253 e. The number of carbonyl (C=O) groups excluding carboxylic acids is 1. The van der Waals surface area contributed by atoms with Crippen LogP contribution in [0, 0.1) is 13.8 Å². The molecule has 1 aromatic heterocycles. The lowest BCUT2D eigenvalue weighted by molar-refractivity contribution is 0.0747. The van der Waals surface area contributed by atoms with Crippen LogP contribution in [0.3, 0.4) is 0 Å². The number of benzene rings is 2. The van der Waals surface area contributed by atoms with Crippen LogP contribution < -0.4 is 4.90 Å². The number of rotatable bonds is 2. The summed E-state index contributed by atoms with van der Waals surface area (Å²) < 4.78 is 1.23. The van der Waals surface area contributed by atoms with Crippen molar-refractivity contribution < 1.29 is 4.79 Å². The maximum absolute atomic E-state index is 12.6. The average molecular weight is 386 g/mol. The number of aromatic nitrogens is 1. The van der Waals surface area contributed by atoms with E-state index in [1.54, 1.807) is 35.6 Å². The molecule has 6 heteroatoms. The Hall–Kier alpha value is -2.11. The molecular weight excluding hydrogens is 366 g/mol. The van der Waals surface area contributed by atoms with Crippen molar-refractivity contribution in [1.29, 1.82) is 0 Å². The molecule has 134 valence electrons. The zero-order chi connectivity index (χ0) is 18.3. The van der Waals surface area contributed by atoms with Gasteiger partial charge in [-0.25, -0.2) is 4.98 Å². The zero-order valence-corrected chi connectivity index (χ0v) is 16.4. The largest absolute Gasteiger partial charge is 0.345 e. The summed E-state index contributed by atoms with van der Waals surface area (Å²) in [6, 6.07) is 11.5. The van der Waals surface area contributed by atoms with E-state index in [0.717, 1.165) is 23.7 Å². The van der Waals surface area contributed by atoms with Crippen molar-refractivity contribution in [1.82, 2.24) is 9.88 Å². The molecule has 26 heavy (non-hydrogen) atoms. The maximum Gasteiger partial charge on any atom is 0.253 e. The quantitative estimate of drug-likeness (QED) is 0.650. The first-order chi connectivity index (χ1) is 12.5. The predicted octanol–water partition coefficient (Wildman–Crippen LogP) is 4.53. The highest BCUT2D eigenvalue weighted by atomic mass is 35.5. The SMILES string of the molecule is Cc1cc(C)c2nc(N3CCN(C(=O)c4ccc(Cl)cc4)CC3)sc2c1. The first-order valence-electron chi connectivity index (χ1n) is 8.69. The standard InChI is InChI=1S/C20H20ClN3OS/c1-13-11-14(2)18-17(12-13)26-20(22-18)24-9-7-23(8-10-24)19(25)15-3-5-16(21)6-4-15/h3-6,11-12H,7-10H2,1-2H3. The third-order valence-corrected chi connectivity index (χ3v) is 6.06. The molecule has 2 aromatic carbocycles. The predicted molar refractivity (Wildman–Crippen MR) is 109 cm³/mol. The number of halogens is 1. The molecule has 1 saturated heterocycles. The van der Waals surface area contributed by atoms with E-state index in [1.165, 1.54) is 15.8 Å². The van der Waals surface area contributed by atoms with Gasteiger partial charge in [0.1, 0.15) is 0 Å². The van der Waals surface area contributed by atoms with Crippen LogP contribution in [0.15, 0.2) is 36.4 Å². The first-order valence-corrected chi connectivity index (χ1v) is 9.88. The molecule has 3 aromatic rings. The minimum atomic E-state index is 0.0667. The first kappa shape index (κ1) is 17.3. The van der Waals surface area contributed by atoms with Gasteiger partial charge in [-0.2, -0.15) is 0 Å². The fourth-order valence-electron chi connectivity index (χ4n) is 3.37. The van der Waals surface area contributed by atoms with E-state index < -0.39 is 0 Å². The van der Waals surface area contributed by atoms with E-state index >= 15 is 0 Å². The third-order valence-electron chi connectivity index (χ3n) is 4.75. The molecule has 0 atom stereocenters. The third kappa shape index (κ3) is 3.29. The number of carbonyl (C=O) groups is 1. The minimum absolute atomic E-state index is 0.0667. The summed E-state index contributed by atoms with van der Waals surface area (Å²) >= 11 is 7.64. The minimum Gasteiger partial charge on any atom is -0.345 e. The van der Waals surface area contributed by atoms with Gasteiger partial charge in [0, 0.05) is 36.8 Å². The summed E-state index contributed by atoms with van der Waals surface area (Å²) in [6.45, 7) is 7.24. The number of amides is 1. The molecule has 0 saturated carbocycles. The molecule has 4 rings (SSSR count). The Morgan fingerprint density at radius 1 is 1.08 bits per heavy atom. The Kier molecular flexibility index (Phi) is 4.59. The molecule has 0 N–H and O–H groups in total. The Bertz CT molecular complexity index is 959. The van der Waals surface area contributed by atoms with E-state index in [-0.39, 0.29) is 5.91 Å². The second kappa shape index (κ2) is 6.89. The van der Waals surface area contributed by atoms with Gasteiger partial charge in [-0.15, -0.1) is 0 Å². The molecule has 2 heterocycles. The van der Waals surface area contributed by atoms with Crippen molar-refractivity contribution >= 4 is 44.2 Å². The monoisotopic (exact) mass is 385 g/mol. The Balaban J connectivity index is 1.47. The van der Waals surface area contributed by atoms with Gasteiger partial charge in [-0.1, -0.05) is 29.0 Å². The van der Waals surface area contributed by atoms with Gasteiger partial charge in [0.05, 0.1) is 10.2 Å². The normalized spacial score (nSPS) is 14.9. The highest BCUT2D eigenvalue weighted by molar-refractivity contribution is 7.22. The molecule has 0 spiro atoms. The summed E-state index contributed by atoms with van der Waals surface area (Å²) in [5.74, 6) is 0.0667. The topological polar surface area (TPSA) is 36.4 Å². The molecule has 1 aliphatic rings. The fourth-order valence-corrected chi connectivity index (χ4v) is 4.69. The number of fused-ring (bicyclic) bond motifs is 1. The molecule has 1 amide bonds. The number of hydrogen-bond donors (Lipinski definition) is 0. The van der Waals surface area contributed by atoms with Crippen molar-refractivity contribution in [2.45, 2.75) is 13.8 Å². The van der Waals surface area contributed by atoms with Crippen molar-refractivity contribution in [2.24, 2.45) is 0 Å². The van der Waals surface area contributed by atoms with E-state index in [9.17, 15) is 4.79 Å². The highest BCUT2D eigenvalue weighted by Gasteiger charge is 2.24. The molecule has 0 aliphatic carbocycles. The van der Waals surface area contributed by atoms with Crippen LogP contribution in [0.4, 0.5) is 5.13 Å². The van der Waals surface area contributed by atoms with E-state index in [4.69, 9.17) is 16.6 Å². The van der Waals surface area contributed by atoms with Crippen molar-refractivity contribution in [3.05, 3.63) is 58.1 Å². The molecule has 1 fully saturated rings.